The molecule has 0 saturated heterocycles. The van der Waals surface area contributed by atoms with Crippen LogP contribution >= 0.6 is 0 Å². The molecule has 0 aliphatic heterocycles. The van der Waals surface area contributed by atoms with E-state index in [1.54, 1.807) is 4.57 Å². The zero-order valence-electron chi connectivity index (χ0n) is 22.0. The lowest BCUT2D eigenvalue weighted by Gasteiger charge is -2.18. The van der Waals surface area contributed by atoms with Crippen molar-refractivity contribution in [3.63, 3.8) is 0 Å². The molecule has 0 aliphatic rings. The summed E-state index contributed by atoms with van der Waals surface area (Å²) in [4.78, 5) is 13.3. The number of unbranched alkanes of at least 4 members (excludes halogenated alkanes) is 1. The van der Waals surface area contributed by atoms with E-state index in [0.29, 0.717) is 31.0 Å². The summed E-state index contributed by atoms with van der Waals surface area (Å²) in [6.07, 6.45) is 10.5. The van der Waals surface area contributed by atoms with Gasteiger partial charge in [-0.05, 0) is 70.6 Å². The molecule has 34 heavy (non-hydrogen) atoms. The molecular weight excluding hydrogens is 424 g/mol. The van der Waals surface area contributed by atoms with Crippen molar-refractivity contribution in [2.24, 2.45) is 5.92 Å². The van der Waals surface area contributed by atoms with Crippen LogP contribution in [0.1, 0.15) is 80.1 Å². The second-order valence-electron chi connectivity index (χ2n) is 9.68. The molecule has 0 bridgehead atoms. The second kappa shape index (κ2) is 13.9. The minimum atomic E-state index is -0.255. The van der Waals surface area contributed by atoms with Crippen LogP contribution in [0.15, 0.2) is 46.3 Å². The summed E-state index contributed by atoms with van der Waals surface area (Å²) in [6, 6.07) is 5.79. The van der Waals surface area contributed by atoms with E-state index in [1.165, 1.54) is 11.1 Å². The Hall–Kier alpha value is -2.69. The molecule has 5 nitrogen and oxygen atoms in total. The van der Waals surface area contributed by atoms with Gasteiger partial charge in [-0.1, -0.05) is 56.9 Å². The normalized spacial score (nSPS) is 12.6. The summed E-state index contributed by atoms with van der Waals surface area (Å²) in [5.74, 6) is 0.342. The minimum Gasteiger partial charge on any atom is -0.504 e. The number of aromatic hydroxyl groups is 1. The molecule has 1 atom stereocenters. The van der Waals surface area contributed by atoms with Crippen LogP contribution in [0.4, 0.5) is 5.69 Å². The van der Waals surface area contributed by atoms with E-state index in [-0.39, 0.29) is 17.1 Å². The number of hydrogen-bond acceptors (Lipinski definition) is 4. The summed E-state index contributed by atoms with van der Waals surface area (Å²) in [6.45, 7) is 14.5. The van der Waals surface area contributed by atoms with E-state index in [0.717, 1.165) is 49.7 Å². The highest BCUT2D eigenvalue weighted by Gasteiger charge is 2.19. The largest absolute Gasteiger partial charge is 0.504 e. The maximum atomic E-state index is 13.3. The quantitative estimate of drug-likeness (QED) is 0.283. The highest BCUT2D eigenvalue weighted by atomic mass is 16.5. The Labute approximate surface area is 205 Å². The number of aromatic nitrogens is 1. The van der Waals surface area contributed by atoms with Gasteiger partial charge < -0.3 is 19.7 Å². The Kier molecular flexibility index (Phi) is 11.2. The number of fused-ring (bicyclic) bond motifs is 1. The van der Waals surface area contributed by atoms with Gasteiger partial charge >= 0.3 is 0 Å². The number of pyridine rings is 1. The summed E-state index contributed by atoms with van der Waals surface area (Å²) in [5.41, 5.74) is 4.11. The van der Waals surface area contributed by atoms with Crippen molar-refractivity contribution < 1.29 is 9.84 Å². The maximum Gasteiger partial charge on any atom is 0.297 e. The lowest BCUT2D eigenvalue weighted by molar-refractivity contribution is 0.238. The lowest BCUT2D eigenvalue weighted by Crippen LogP contribution is -2.24. The topological polar surface area (TPSA) is 63.5 Å². The van der Waals surface area contributed by atoms with Crippen LogP contribution in [-0.2, 0) is 6.54 Å². The molecule has 0 radical (unpaired) electrons. The van der Waals surface area contributed by atoms with Crippen molar-refractivity contribution in [3.8, 4) is 11.5 Å². The third kappa shape index (κ3) is 7.96. The van der Waals surface area contributed by atoms with Gasteiger partial charge in [0.1, 0.15) is 0 Å². The summed E-state index contributed by atoms with van der Waals surface area (Å²) in [5, 5.41) is 15.0. The summed E-state index contributed by atoms with van der Waals surface area (Å²) >= 11 is 0. The Bertz CT molecular complexity index is 1050. The first-order valence-electron chi connectivity index (χ1n) is 12.8. The number of nitrogens with one attached hydrogen (secondary N) is 1. The maximum absolute atomic E-state index is 13.3. The highest BCUT2D eigenvalue weighted by molar-refractivity contribution is 5.90. The van der Waals surface area contributed by atoms with Gasteiger partial charge in [-0.2, -0.15) is 0 Å². The van der Waals surface area contributed by atoms with Crippen molar-refractivity contribution in [2.75, 3.05) is 18.5 Å². The van der Waals surface area contributed by atoms with E-state index in [2.05, 4.69) is 59.0 Å². The van der Waals surface area contributed by atoms with Gasteiger partial charge in [-0.25, -0.2) is 0 Å². The number of anilines is 1. The molecular formula is C29H44N2O3. The zero-order valence-corrected chi connectivity index (χ0v) is 22.0. The summed E-state index contributed by atoms with van der Waals surface area (Å²) < 4.78 is 7.62. The number of hydrogen-bond donors (Lipinski definition) is 2. The van der Waals surface area contributed by atoms with Crippen molar-refractivity contribution in [2.45, 2.75) is 86.6 Å². The van der Waals surface area contributed by atoms with Gasteiger partial charge in [0.2, 0.25) is 5.75 Å². The minimum absolute atomic E-state index is 0.0574. The molecule has 5 heteroatoms. The molecule has 0 fully saturated rings. The van der Waals surface area contributed by atoms with Crippen molar-refractivity contribution >= 4 is 16.6 Å². The Morgan fingerprint density at radius 2 is 1.94 bits per heavy atom. The van der Waals surface area contributed by atoms with E-state index in [9.17, 15) is 9.90 Å². The third-order valence-corrected chi connectivity index (χ3v) is 6.08. The highest BCUT2D eigenvalue weighted by Crippen LogP contribution is 2.33. The van der Waals surface area contributed by atoms with E-state index in [4.69, 9.17) is 4.74 Å². The zero-order chi connectivity index (χ0) is 25.1. The molecule has 0 saturated carbocycles. The number of aryl methyl sites for hydroxylation is 1. The third-order valence-electron chi connectivity index (χ3n) is 6.08. The molecule has 1 aromatic carbocycles. The number of allylic oxidation sites excluding steroid dienone is 3. The number of ether oxygens (including phenoxy) is 1. The Morgan fingerprint density at radius 3 is 2.62 bits per heavy atom. The van der Waals surface area contributed by atoms with Crippen LogP contribution in [-0.4, -0.2) is 22.8 Å². The number of rotatable bonds is 14. The average molecular weight is 469 g/mol. The van der Waals surface area contributed by atoms with Gasteiger partial charge in [0, 0.05) is 24.2 Å². The molecule has 1 aromatic heterocycles. The molecule has 1 heterocycles. The van der Waals surface area contributed by atoms with Crippen LogP contribution in [0.2, 0.25) is 0 Å². The Balaban J connectivity index is 2.29. The van der Waals surface area contributed by atoms with Crippen LogP contribution in [0.3, 0.4) is 0 Å². The van der Waals surface area contributed by atoms with Gasteiger partial charge in [0.15, 0.2) is 5.75 Å². The average Bonchev–Trinajstić information content (AvgIpc) is 2.79. The first-order chi connectivity index (χ1) is 16.3. The molecule has 2 N–H and O–H groups in total. The first-order valence-corrected chi connectivity index (χ1v) is 12.8. The van der Waals surface area contributed by atoms with Gasteiger partial charge in [-0.3, -0.25) is 4.79 Å². The fourth-order valence-electron chi connectivity index (χ4n) is 4.02. The summed E-state index contributed by atoms with van der Waals surface area (Å²) in [7, 11) is 0. The number of nitrogens with zero attached hydrogens (tertiary/aromatic N) is 1. The SMILES string of the molecule is CCCCn1c(=O)c(OCC(C)CCC)c(O)c2ccc(NC/C=C(\C)CCC=C(C)C)cc21. The first kappa shape index (κ1) is 27.6. The van der Waals surface area contributed by atoms with E-state index in [1.807, 2.05) is 18.2 Å². The predicted molar refractivity (Wildman–Crippen MR) is 145 cm³/mol. The molecule has 0 amide bonds. The Morgan fingerprint density at radius 1 is 1.18 bits per heavy atom. The molecule has 2 rings (SSSR count). The second-order valence-corrected chi connectivity index (χ2v) is 9.68. The van der Waals surface area contributed by atoms with Crippen molar-refractivity contribution in [3.05, 3.63) is 51.9 Å². The van der Waals surface area contributed by atoms with Gasteiger partial charge in [0.25, 0.3) is 5.56 Å². The van der Waals surface area contributed by atoms with Crippen LogP contribution < -0.4 is 15.6 Å². The van der Waals surface area contributed by atoms with Gasteiger partial charge in [0.05, 0.1) is 12.1 Å². The number of benzene rings is 1. The van der Waals surface area contributed by atoms with E-state index >= 15 is 0 Å². The monoisotopic (exact) mass is 468 g/mol. The van der Waals surface area contributed by atoms with Gasteiger partial charge in [-0.15, -0.1) is 0 Å². The fourth-order valence-corrected chi connectivity index (χ4v) is 4.02. The molecule has 0 spiro atoms. The van der Waals surface area contributed by atoms with Crippen LogP contribution in [0.5, 0.6) is 11.5 Å². The molecule has 1 unspecified atom stereocenters. The van der Waals surface area contributed by atoms with Crippen LogP contribution in [0, 0.1) is 5.92 Å². The standard InChI is InChI=1S/C29H44N2O3/c1-7-9-18-31-26-19-24(30-17-16-22(5)13-10-12-21(3)4)14-15-25(26)27(32)28(29(31)33)34-20-23(6)11-8-2/h12,14-16,19,23,30,32H,7-11,13,17-18,20H2,1-6H3/b22-16+. The van der Waals surface area contributed by atoms with Crippen LogP contribution in [0.25, 0.3) is 10.9 Å². The lowest BCUT2D eigenvalue weighted by atomic mass is 10.1. The fraction of sp³-hybridized carbons (Fsp3) is 0.552. The molecule has 188 valence electrons. The van der Waals surface area contributed by atoms with Crippen molar-refractivity contribution in [1.29, 1.82) is 0 Å². The van der Waals surface area contributed by atoms with Crippen molar-refractivity contribution in [1.82, 2.24) is 4.57 Å². The predicted octanol–water partition coefficient (Wildman–Crippen LogP) is 7.43. The smallest absolute Gasteiger partial charge is 0.297 e. The molecule has 2 aromatic rings. The van der Waals surface area contributed by atoms with E-state index < -0.39 is 0 Å². The molecule has 0 aliphatic carbocycles.